The van der Waals surface area contributed by atoms with E-state index in [0.29, 0.717) is 0 Å². The van der Waals surface area contributed by atoms with E-state index in [1.54, 1.807) is 0 Å². The van der Waals surface area contributed by atoms with Gasteiger partial charge in [-0.05, 0) is 13.8 Å². The molecule has 12 heavy (non-hydrogen) atoms. The van der Waals surface area contributed by atoms with Gasteiger partial charge in [-0.1, -0.05) is 48.6 Å². The minimum absolute atomic E-state index is 0. The fraction of sp³-hybridized carbons (Fsp3) is 0.200. The van der Waals surface area contributed by atoms with Crippen LogP contribution in [0.15, 0.2) is 48.6 Å². The number of allylic oxidation sites excluding steroid dienone is 8. The summed E-state index contributed by atoms with van der Waals surface area (Å²) in [5, 5.41) is 0. The second-order valence-corrected chi connectivity index (χ2v) is 1.82. The van der Waals surface area contributed by atoms with Crippen molar-refractivity contribution in [1.29, 1.82) is 0 Å². The van der Waals surface area contributed by atoms with Crippen molar-refractivity contribution in [1.82, 2.24) is 0 Å². The van der Waals surface area contributed by atoms with Gasteiger partial charge in [-0.2, -0.15) is 0 Å². The molecule has 0 heterocycles. The molecule has 0 saturated carbocycles. The Morgan fingerprint density at radius 1 is 0.500 bits per heavy atom. The van der Waals surface area contributed by atoms with E-state index in [-0.39, 0.29) is 65.4 Å². The quantitative estimate of drug-likeness (QED) is 0.702. The molecule has 0 aliphatic heterocycles. The van der Waals surface area contributed by atoms with Crippen LogP contribution in [0.25, 0.3) is 0 Å². The molecular weight excluding hydrogens is 298 g/mol. The van der Waals surface area contributed by atoms with Crippen LogP contribution >= 0.6 is 0 Å². The van der Waals surface area contributed by atoms with Crippen LogP contribution in [0.2, 0.25) is 0 Å². The summed E-state index contributed by atoms with van der Waals surface area (Å²) >= 11 is 0. The molecule has 0 aromatic heterocycles. The van der Waals surface area contributed by atoms with Crippen LogP contribution in [0, 0.1) is 0 Å². The molecule has 0 unspecified atom stereocenters. The van der Waals surface area contributed by atoms with Crippen LogP contribution in [-0.4, -0.2) is 0 Å². The average Bonchev–Trinajstić information content (AvgIpc) is 1.97. The second kappa shape index (κ2) is 18.1. The van der Waals surface area contributed by atoms with Gasteiger partial charge in [0.2, 0.25) is 0 Å². The maximum Gasteiger partial charge on any atom is 0 e. The van der Waals surface area contributed by atoms with Crippen LogP contribution < -0.4 is 0 Å². The van der Waals surface area contributed by atoms with Gasteiger partial charge in [0, 0.05) is 65.4 Å². The minimum atomic E-state index is 0. The Morgan fingerprint density at radius 3 is 1.00 bits per heavy atom. The fourth-order valence-corrected chi connectivity index (χ4v) is 0.479. The van der Waals surface area contributed by atoms with Gasteiger partial charge in [0.1, 0.15) is 0 Å². The topological polar surface area (TPSA) is 0 Å². The zero-order chi connectivity index (χ0) is 7.66. The molecule has 0 spiro atoms. The molecule has 0 aliphatic rings. The molecule has 2 heteroatoms. The van der Waals surface area contributed by atoms with Crippen molar-refractivity contribution in [3.05, 3.63) is 48.6 Å². The molecule has 0 aromatic carbocycles. The monoisotopic (exact) mass is 312 g/mol. The maximum absolute atomic E-state index is 2.00. The molecule has 0 amide bonds. The van der Waals surface area contributed by atoms with Gasteiger partial charge in [0.25, 0.3) is 0 Å². The first-order valence-electron chi connectivity index (χ1n) is 3.49. The van der Waals surface area contributed by atoms with Crippen molar-refractivity contribution in [2.75, 3.05) is 0 Å². The van der Waals surface area contributed by atoms with E-state index in [1.165, 1.54) is 0 Å². The molecule has 0 fully saturated rings. The second-order valence-electron chi connectivity index (χ2n) is 1.82. The molecule has 60 valence electrons. The Bertz CT molecular complexity index is 145. The third kappa shape index (κ3) is 17.3. The smallest absolute Gasteiger partial charge is 0 e. The van der Waals surface area contributed by atoms with Gasteiger partial charge in [0.15, 0.2) is 0 Å². The van der Waals surface area contributed by atoms with Crippen LogP contribution in [0.5, 0.6) is 0 Å². The summed E-state index contributed by atoms with van der Waals surface area (Å²) in [4.78, 5) is 0. The molecule has 0 nitrogen and oxygen atoms in total. The zero-order valence-electron chi connectivity index (χ0n) is 7.77. The largest absolute Gasteiger partial charge is 0.0877 e. The zero-order valence-corrected chi connectivity index (χ0v) is 13.5. The number of rotatable bonds is 3. The number of hydrogen-bond donors (Lipinski definition) is 0. The standard InChI is InChI=1S/C10H14.2Y/c1-3-5-7-9-10-8-6-4-2;;/h3-10H,1-2H3;;/b5-3+,6-4+,9-7-,10-8+;;. The van der Waals surface area contributed by atoms with Gasteiger partial charge in [-0.15, -0.1) is 0 Å². The van der Waals surface area contributed by atoms with Crippen LogP contribution in [0.1, 0.15) is 13.8 Å². The van der Waals surface area contributed by atoms with E-state index < -0.39 is 0 Å². The molecule has 2 radical (unpaired) electrons. The van der Waals surface area contributed by atoms with E-state index in [9.17, 15) is 0 Å². The molecule has 0 N–H and O–H groups in total. The normalized spacial score (nSPS) is 11.2. The van der Waals surface area contributed by atoms with Crippen molar-refractivity contribution in [3.63, 3.8) is 0 Å². The molecule has 0 saturated heterocycles. The molecule has 0 rings (SSSR count). The number of hydrogen-bond acceptors (Lipinski definition) is 0. The van der Waals surface area contributed by atoms with Gasteiger partial charge < -0.3 is 0 Å². The predicted octanol–water partition coefficient (Wildman–Crippen LogP) is 3.25. The Morgan fingerprint density at radius 2 is 0.750 bits per heavy atom. The van der Waals surface area contributed by atoms with E-state index in [2.05, 4.69) is 0 Å². The minimum Gasteiger partial charge on any atom is -0.0877 e. The third-order valence-corrected chi connectivity index (χ3v) is 0.940. The molecule has 0 aliphatic carbocycles. The average molecular weight is 312 g/mol. The Hall–Kier alpha value is 1.17. The van der Waals surface area contributed by atoms with Gasteiger partial charge in [-0.25, -0.2) is 0 Å². The summed E-state index contributed by atoms with van der Waals surface area (Å²) in [6.07, 6.45) is 16.0. The Kier molecular flexibility index (Phi) is 28.4. The van der Waals surface area contributed by atoms with Crippen molar-refractivity contribution in [3.8, 4) is 0 Å². The third-order valence-electron chi connectivity index (χ3n) is 0.940. The van der Waals surface area contributed by atoms with Crippen LogP contribution in [0.3, 0.4) is 0 Å². The van der Waals surface area contributed by atoms with Crippen molar-refractivity contribution in [2.24, 2.45) is 0 Å². The molecule has 0 atom stereocenters. The van der Waals surface area contributed by atoms with Crippen molar-refractivity contribution in [2.45, 2.75) is 13.8 Å². The van der Waals surface area contributed by atoms with Crippen molar-refractivity contribution < 1.29 is 65.4 Å². The SMILES string of the molecule is C/C=C/C=C\C=C\C=C\C.[Y].[Y]. The van der Waals surface area contributed by atoms with E-state index in [4.69, 9.17) is 0 Å². The van der Waals surface area contributed by atoms with Crippen LogP contribution in [-0.2, 0) is 65.4 Å². The Balaban J connectivity index is -0.000000405. The fourth-order valence-electron chi connectivity index (χ4n) is 0.479. The van der Waals surface area contributed by atoms with E-state index >= 15 is 0 Å². The first kappa shape index (κ1) is 18.9. The summed E-state index contributed by atoms with van der Waals surface area (Å²) in [5.74, 6) is 0. The van der Waals surface area contributed by atoms with E-state index in [1.807, 2.05) is 62.5 Å². The first-order valence-corrected chi connectivity index (χ1v) is 3.49. The summed E-state index contributed by atoms with van der Waals surface area (Å²) in [6, 6.07) is 0. The Labute approximate surface area is 126 Å². The maximum atomic E-state index is 2.00. The molecule has 0 bridgehead atoms. The summed E-state index contributed by atoms with van der Waals surface area (Å²) in [6.45, 7) is 4.00. The van der Waals surface area contributed by atoms with Gasteiger partial charge >= 0.3 is 0 Å². The van der Waals surface area contributed by atoms with Crippen molar-refractivity contribution >= 4 is 0 Å². The van der Waals surface area contributed by atoms with E-state index in [0.717, 1.165) is 0 Å². The van der Waals surface area contributed by atoms with Gasteiger partial charge in [-0.3, -0.25) is 0 Å². The predicted molar refractivity (Wildman–Crippen MR) is 47.9 cm³/mol. The summed E-state index contributed by atoms with van der Waals surface area (Å²) < 4.78 is 0. The summed E-state index contributed by atoms with van der Waals surface area (Å²) in [5.41, 5.74) is 0. The molecule has 0 aromatic rings. The van der Waals surface area contributed by atoms with Gasteiger partial charge in [0.05, 0.1) is 0 Å². The van der Waals surface area contributed by atoms with Crippen LogP contribution in [0.4, 0.5) is 0 Å². The first-order chi connectivity index (χ1) is 4.91. The summed E-state index contributed by atoms with van der Waals surface area (Å²) in [7, 11) is 0. The molecular formula is C10H14Y2.